The number of esters is 1. The largest absolute Gasteiger partial charge is 0.452 e. The number of hydrogen-bond acceptors (Lipinski definition) is 6. The second kappa shape index (κ2) is 10.3. The minimum Gasteiger partial charge on any atom is -0.452 e. The third-order valence-electron chi connectivity index (χ3n) is 4.00. The minimum atomic E-state index is -0.660. The van der Waals surface area contributed by atoms with Crippen molar-refractivity contribution in [3.05, 3.63) is 83.7 Å². The summed E-state index contributed by atoms with van der Waals surface area (Å²) in [6.07, 6.45) is 4.68. The van der Waals surface area contributed by atoms with Crippen molar-refractivity contribution in [3.63, 3.8) is 0 Å². The average Bonchev–Trinajstić information content (AvgIpc) is 3.20. The number of carbonyl (C=O) groups is 2. The van der Waals surface area contributed by atoms with Crippen molar-refractivity contribution in [2.45, 2.75) is 13.0 Å². The first-order chi connectivity index (χ1) is 14.6. The number of ether oxygens (including phenoxy) is 1. The Hall–Kier alpha value is -4.25. The van der Waals surface area contributed by atoms with Crippen LogP contribution in [-0.4, -0.2) is 33.5 Å². The molecule has 1 heterocycles. The van der Waals surface area contributed by atoms with Gasteiger partial charge in [0.2, 0.25) is 0 Å². The van der Waals surface area contributed by atoms with E-state index >= 15 is 0 Å². The summed E-state index contributed by atoms with van der Waals surface area (Å²) < 4.78 is 6.59. The molecule has 8 nitrogen and oxygen atoms in total. The molecule has 1 N–H and O–H groups in total. The van der Waals surface area contributed by atoms with E-state index < -0.39 is 18.5 Å². The molecule has 150 valence electrons. The zero-order chi connectivity index (χ0) is 21.2. The molecule has 0 saturated heterocycles. The van der Waals surface area contributed by atoms with Crippen LogP contribution < -0.4 is 5.32 Å². The van der Waals surface area contributed by atoms with Gasteiger partial charge < -0.3 is 10.1 Å². The highest BCUT2D eigenvalue weighted by atomic mass is 16.5. The van der Waals surface area contributed by atoms with Crippen LogP contribution in [0, 0.1) is 11.3 Å². The third kappa shape index (κ3) is 6.42. The normalized spacial score (nSPS) is 10.5. The molecule has 0 saturated carbocycles. The molecule has 0 aliphatic heterocycles. The Morgan fingerprint density at radius 3 is 2.60 bits per heavy atom. The van der Waals surface area contributed by atoms with Gasteiger partial charge in [-0.05, 0) is 29.3 Å². The highest BCUT2D eigenvalue weighted by Gasteiger charge is 2.06. The first-order valence-corrected chi connectivity index (χ1v) is 9.17. The van der Waals surface area contributed by atoms with E-state index in [1.807, 2.05) is 30.3 Å². The van der Waals surface area contributed by atoms with Gasteiger partial charge in [-0.15, -0.1) is 5.10 Å². The predicted octanol–water partition coefficient (Wildman–Crippen LogP) is 2.59. The molecule has 0 unspecified atom stereocenters. The predicted molar refractivity (Wildman–Crippen MR) is 110 cm³/mol. The van der Waals surface area contributed by atoms with Crippen molar-refractivity contribution >= 4 is 23.6 Å². The van der Waals surface area contributed by atoms with Crippen LogP contribution in [0.15, 0.2) is 66.9 Å². The Morgan fingerprint density at radius 2 is 1.87 bits per heavy atom. The smallest absolute Gasteiger partial charge is 0.331 e. The van der Waals surface area contributed by atoms with Crippen LogP contribution >= 0.6 is 0 Å². The monoisotopic (exact) mass is 401 g/mol. The molecule has 1 aromatic heterocycles. The van der Waals surface area contributed by atoms with E-state index in [9.17, 15) is 9.59 Å². The molecule has 1 amide bonds. The summed E-state index contributed by atoms with van der Waals surface area (Å²) in [5.41, 5.74) is 3.00. The van der Waals surface area contributed by atoms with Crippen molar-refractivity contribution in [1.29, 1.82) is 5.26 Å². The molecule has 0 fully saturated rings. The summed E-state index contributed by atoms with van der Waals surface area (Å²) >= 11 is 0. The maximum Gasteiger partial charge on any atom is 0.331 e. The molecular weight excluding hydrogens is 382 g/mol. The van der Waals surface area contributed by atoms with Crippen molar-refractivity contribution in [2.24, 2.45) is 0 Å². The first kappa shape index (κ1) is 20.5. The zero-order valence-electron chi connectivity index (χ0n) is 16.1. The molecule has 8 heteroatoms. The van der Waals surface area contributed by atoms with Gasteiger partial charge in [-0.25, -0.2) is 9.48 Å². The Balaban J connectivity index is 1.43. The van der Waals surface area contributed by atoms with E-state index in [0.29, 0.717) is 24.3 Å². The number of anilines is 1. The van der Waals surface area contributed by atoms with Gasteiger partial charge in [0.05, 0.1) is 25.2 Å². The number of benzene rings is 2. The lowest BCUT2D eigenvalue weighted by Gasteiger charge is -2.05. The molecule has 0 bridgehead atoms. The molecule has 0 spiro atoms. The third-order valence-corrected chi connectivity index (χ3v) is 4.00. The van der Waals surface area contributed by atoms with Crippen LogP contribution in [0.1, 0.15) is 16.8 Å². The van der Waals surface area contributed by atoms with E-state index in [-0.39, 0.29) is 0 Å². The fraction of sp³-hybridized carbons (Fsp3) is 0.136. The lowest BCUT2D eigenvalue weighted by molar-refractivity contribution is -0.142. The molecule has 0 radical (unpaired) electrons. The summed E-state index contributed by atoms with van der Waals surface area (Å²) in [5, 5.41) is 19.3. The van der Waals surface area contributed by atoms with E-state index in [4.69, 9.17) is 10.00 Å². The Bertz CT molecular complexity index is 1070. The topological polar surface area (TPSA) is 110 Å². The lowest BCUT2D eigenvalue weighted by atomic mass is 10.1. The molecule has 0 atom stereocenters. The summed E-state index contributed by atoms with van der Waals surface area (Å²) in [5.74, 6) is -1.12. The van der Waals surface area contributed by atoms with Crippen molar-refractivity contribution in [1.82, 2.24) is 15.0 Å². The molecule has 30 heavy (non-hydrogen) atoms. The van der Waals surface area contributed by atoms with E-state index in [1.165, 1.54) is 12.2 Å². The van der Waals surface area contributed by atoms with Gasteiger partial charge in [-0.1, -0.05) is 47.7 Å². The van der Waals surface area contributed by atoms with E-state index in [1.54, 1.807) is 35.1 Å². The van der Waals surface area contributed by atoms with Crippen LogP contribution in [0.5, 0.6) is 0 Å². The number of hydrogen-bond donors (Lipinski definition) is 1. The molecule has 2 aromatic carbocycles. The van der Waals surface area contributed by atoms with Gasteiger partial charge >= 0.3 is 5.97 Å². The fourth-order valence-corrected chi connectivity index (χ4v) is 2.57. The maximum absolute atomic E-state index is 11.9. The SMILES string of the molecule is N#CCc1ccc(NC(=O)COC(=O)/C=C/c2cn(Cc3ccccc3)nn2)cc1. The second-order valence-electron chi connectivity index (χ2n) is 6.35. The van der Waals surface area contributed by atoms with Gasteiger partial charge in [0.1, 0.15) is 5.69 Å². The zero-order valence-corrected chi connectivity index (χ0v) is 16.1. The number of nitriles is 1. The summed E-state index contributed by atoms with van der Waals surface area (Å²) in [6, 6.07) is 18.7. The van der Waals surface area contributed by atoms with E-state index in [0.717, 1.165) is 11.1 Å². The fourth-order valence-electron chi connectivity index (χ4n) is 2.57. The number of aromatic nitrogens is 3. The van der Waals surface area contributed by atoms with Crippen LogP contribution in [0.2, 0.25) is 0 Å². The Labute approximate surface area is 173 Å². The highest BCUT2D eigenvalue weighted by Crippen LogP contribution is 2.10. The van der Waals surface area contributed by atoms with Crippen molar-refractivity contribution in [3.8, 4) is 6.07 Å². The number of amides is 1. The number of carbonyl (C=O) groups excluding carboxylic acids is 2. The molecule has 3 aromatic rings. The maximum atomic E-state index is 11.9. The Kier molecular flexibility index (Phi) is 7.06. The van der Waals surface area contributed by atoms with Crippen molar-refractivity contribution in [2.75, 3.05) is 11.9 Å². The van der Waals surface area contributed by atoms with Gasteiger partial charge in [-0.2, -0.15) is 5.26 Å². The van der Waals surface area contributed by atoms with Gasteiger partial charge in [0.25, 0.3) is 5.91 Å². The standard InChI is InChI=1S/C22H19N5O3/c23-13-12-17-6-8-19(9-7-17)24-21(28)16-30-22(29)11-10-20-15-27(26-25-20)14-18-4-2-1-3-5-18/h1-11,15H,12,14,16H2,(H,24,28)/b11-10+. The van der Waals surface area contributed by atoms with Gasteiger partial charge in [0.15, 0.2) is 6.61 Å². The summed E-state index contributed by atoms with van der Waals surface area (Å²) in [4.78, 5) is 23.7. The van der Waals surface area contributed by atoms with E-state index in [2.05, 4.69) is 21.7 Å². The number of nitrogens with one attached hydrogen (secondary N) is 1. The summed E-state index contributed by atoms with van der Waals surface area (Å²) in [6.45, 7) is 0.160. The molecule has 0 aliphatic rings. The molecule has 3 rings (SSSR count). The van der Waals surface area contributed by atoms with Crippen LogP contribution in [0.3, 0.4) is 0 Å². The quantitative estimate of drug-likeness (QED) is 0.459. The van der Waals surface area contributed by atoms with Gasteiger partial charge in [0, 0.05) is 11.8 Å². The van der Waals surface area contributed by atoms with Crippen molar-refractivity contribution < 1.29 is 14.3 Å². The van der Waals surface area contributed by atoms with Gasteiger partial charge in [-0.3, -0.25) is 4.79 Å². The second-order valence-corrected chi connectivity index (χ2v) is 6.35. The molecule has 0 aliphatic carbocycles. The minimum absolute atomic E-state index is 0.304. The van der Waals surface area contributed by atoms with Crippen LogP contribution in [0.4, 0.5) is 5.69 Å². The number of rotatable bonds is 8. The average molecular weight is 401 g/mol. The highest BCUT2D eigenvalue weighted by molar-refractivity contribution is 5.94. The Morgan fingerprint density at radius 1 is 1.10 bits per heavy atom. The molecular formula is C22H19N5O3. The van der Waals surface area contributed by atoms with Crippen LogP contribution in [0.25, 0.3) is 6.08 Å². The lowest BCUT2D eigenvalue weighted by Crippen LogP contribution is -2.20. The summed E-state index contributed by atoms with van der Waals surface area (Å²) in [7, 11) is 0. The first-order valence-electron chi connectivity index (χ1n) is 9.17. The van der Waals surface area contributed by atoms with Crippen LogP contribution in [-0.2, 0) is 27.3 Å². The number of nitrogens with zero attached hydrogens (tertiary/aromatic N) is 4.